The Morgan fingerprint density at radius 1 is 1.27 bits per heavy atom. The second kappa shape index (κ2) is 8.59. The van der Waals surface area contributed by atoms with Crippen LogP contribution < -0.4 is 5.32 Å². The zero-order valence-corrected chi connectivity index (χ0v) is 18.1. The van der Waals surface area contributed by atoms with Crippen molar-refractivity contribution in [2.75, 3.05) is 25.1 Å². The minimum absolute atomic E-state index is 0.120. The van der Waals surface area contributed by atoms with Gasteiger partial charge in [0.25, 0.3) is 5.91 Å². The summed E-state index contributed by atoms with van der Waals surface area (Å²) in [4.78, 5) is 39.1. The Bertz CT molecular complexity index is 1090. The lowest BCUT2D eigenvalue weighted by molar-refractivity contribution is -0.136. The normalized spacial score (nSPS) is 18.2. The molecule has 1 aliphatic rings. The number of nitrogens with one attached hydrogen (secondary N) is 1. The van der Waals surface area contributed by atoms with Gasteiger partial charge in [-0.2, -0.15) is 0 Å². The largest absolute Gasteiger partial charge is 0.451 e. The number of carbonyl (C=O) groups is 3. The van der Waals surface area contributed by atoms with Crippen LogP contribution in [0.3, 0.4) is 0 Å². The number of nitrogens with zero attached hydrogens (tertiary/aromatic N) is 1. The first-order chi connectivity index (χ1) is 14.0. The van der Waals surface area contributed by atoms with E-state index < -0.39 is 33.5 Å². The maximum atomic E-state index is 12.8. The van der Waals surface area contributed by atoms with Crippen LogP contribution in [0.25, 0.3) is 11.0 Å². The molecular formula is C21H26N2O6S. The number of likely N-dealkylation sites (tertiary alicyclic amines) is 1. The molecule has 1 aliphatic heterocycles. The molecule has 0 spiro atoms. The summed E-state index contributed by atoms with van der Waals surface area (Å²) in [5.74, 6) is -2.07. The van der Waals surface area contributed by atoms with E-state index in [4.69, 9.17) is 4.42 Å². The van der Waals surface area contributed by atoms with Crippen LogP contribution in [0.15, 0.2) is 28.7 Å². The average molecular weight is 435 g/mol. The molecule has 1 fully saturated rings. The molecule has 2 amide bonds. The molecule has 1 aromatic heterocycles. The number of furan rings is 1. The molecule has 30 heavy (non-hydrogen) atoms. The van der Waals surface area contributed by atoms with Crippen LogP contribution in [0.1, 0.15) is 35.9 Å². The van der Waals surface area contributed by atoms with E-state index in [9.17, 15) is 22.8 Å². The molecule has 162 valence electrons. The molecule has 1 aromatic carbocycles. The summed E-state index contributed by atoms with van der Waals surface area (Å²) in [6.07, 6.45) is 2.18. The maximum Gasteiger partial charge on any atom is 0.287 e. The second-order valence-electron chi connectivity index (χ2n) is 8.01. The zero-order valence-electron chi connectivity index (χ0n) is 17.3. The van der Waals surface area contributed by atoms with Crippen molar-refractivity contribution in [1.29, 1.82) is 0 Å². The van der Waals surface area contributed by atoms with E-state index in [1.54, 1.807) is 19.1 Å². The Balaban J connectivity index is 1.62. The molecule has 0 saturated carbocycles. The molecule has 1 unspecified atom stereocenters. The van der Waals surface area contributed by atoms with E-state index in [0.29, 0.717) is 25.0 Å². The highest BCUT2D eigenvalue weighted by Gasteiger charge is 2.32. The topological polar surface area (TPSA) is 114 Å². The highest BCUT2D eigenvalue weighted by molar-refractivity contribution is 7.91. The van der Waals surface area contributed by atoms with Gasteiger partial charge in [-0.25, -0.2) is 8.42 Å². The lowest BCUT2D eigenvalue weighted by atomic mass is 9.94. The van der Waals surface area contributed by atoms with Gasteiger partial charge in [0.15, 0.2) is 21.4 Å². The van der Waals surface area contributed by atoms with Gasteiger partial charge in [0, 0.05) is 30.6 Å². The number of aryl methyl sites for hydroxylation is 1. The van der Waals surface area contributed by atoms with Crippen LogP contribution >= 0.6 is 0 Å². The fourth-order valence-corrected chi connectivity index (χ4v) is 4.45. The summed E-state index contributed by atoms with van der Waals surface area (Å²) in [5.41, 5.74) is 1.64. The number of hydrogen-bond donors (Lipinski definition) is 1. The quantitative estimate of drug-likeness (QED) is 0.740. The third-order valence-electron chi connectivity index (χ3n) is 5.21. The number of carbonyl (C=O) groups excluding carboxylic acids is 3. The molecule has 0 radical (unpaired) electrons. The van der Waals surface area contributed by atoms with Crippen LogP contribution in [-0.4, -0.2) is 62.1 Å². The van der Waals surface area contributed by atoms with Crippen molar-refractivity contribution in [2.24, 2.45) is 5.92 Å². The van der Waals surface area contributed by atoms with Gasteiger partial charge < -0.3 is 14.6 Å². The molecule has 2 atom stereocenters. The van der Waals surface area contributed by atoms with E-state index in [2.05, 4.69) is 5.32 Å². The van der Waals surface area contributed by atoms with Crippen molar-refractivity contribution < 1.29 is 27.2 Å². The highest BCUT2D eigenvalue weighted by Crippen LogP contribution is 2.21. The number of sulfone groups is 1. The van der Waals surface area contributed by atoms with Crippen molar-refractivity contribution in [3.05, 3.63) is 35.6 Å². The van der Waals surface area contributed by atoms with E-state index in [0.717, 1.165) is 17.2 Å². The SMILES string of the molecule is Cc1ccc2oc(C(=O)N[C@H](C)C(=O)N3CCCC(C(=O)CS(C)(=O)=O)C3)cc2c1. The molecule has 0 bridgehead atoms. The molecule has 3 rings (SSSR count). The first kappa shape index (κ1) is 22.0. The Kier molecular flexibility index (Phi) is 6.30. The lowest BCUT2D eigenvalue weighted by Gasteiger charge is -2.33. The molecule has 8 nitrogen and oxygen atoms in total. The Morgan fingerprint density at radius 2 is 2.00 bits per heavy atom. The fourth-order valence-electron chi connectivity index (χ4n) is 3.69. The van der Waals surface area contributed by atoms with Crippen LogP contribution in [0.4, 0.5) is 0 Å². The van der Waals surface area contributed by atoms with Crippen molar-refractivity contribution in [1.82, 2.24) is 10.2 Å². The molecule has 2 heterocycles. The summed E-state index contributed by atoms with van der Waals surface area (Å²) in [6.45, 7) is 4.15. The summed E-state index contributed by atoms with van der Waals surface area (Å²) in [7, 11) is -3.41. The smallest absolute Gasteiger partial charge is 0.287 e. The number of rotatable bonds is 6. The number of piperidine rings is 1. The minimum atomic E-state index is -3.41. The van der Waals surface area contributed by atoms with Gasteiger partial charge in [-0.1, -0.05) is 11.6 Å². The molecule has 1 saturated heterocycles. The average Bonchev–Trinajstić information content (AvgIpc) is 3.09. The van der Waals surface area contributed by atoms with Gasteiger partial charge in [-0.3, -0.25) is 14.4 Å². The van der Waals surface area contributed by atoms with Gasteiger partial charge >= 0.3 is 0 Å². The van der Waals surface area contributed by atoms with Crippen molar-refractivity contribution in [3.63, 3.8) is 0 Å². The van der Waals surface area contributed by atoms with Crippen molar-refractivity contribution in [3.8, 4) is 0 Å². The molecule has 0 aliphatic carbocycles. The first-order valence-corrected chi connectivity index (χ1v) is 11.9. The summed E-state index contributed by atoms with van der Waals surface area (Å²) in [6, 6.07) is 6.41. The molecule has 2 aromatic rings. The van der Waals surface area contributed by atoms with Gasteiger partial charge in [-0.05, 0) is 44.9 Å². The third kappa shape index (κ3) is 5.27. The van der Waals surface area contributed by atoms with Gasteiger partial charge in [0.2, 0.25) is 5.91 Å². The first-order valence-electron chi connectivity index (χ1n) is 9.84. The number of Topliss-reactive ketones (excluding diaryl/α,β-unsaturated/α-hetero) is 1. The van der Waals surface area contributed by atoms with E-state index >= 15 is 0 Å². The fraction of sp³-hybridized carbons (Fsp3) is 0.476. The van der Waals surface area contributed by atoms with Crippen LogP contribution in [0, 0.1) is 12.8 Å². The lowest BCUT2D eigenvalue weighted by Crippen LogP contribution is -2.51. The predicted octanol–water partition coefficient (Wildman–Crippen LogP) is 1.71. The monoisotopic (exact) mass is 434 g/mol. The van der Waals surface area contributed by atoms with Gasteiger partial charge in [0.1, 0.15) is 17.4 Å². The van der Waals surface area contributed by atoms with E-state index in [-0.39, 0.29) is 24.0 Å². The molecular weight excluding hydrogens is 408 g/mol. The highest BCUT2D eigenvalue weighted by atomic mass is 32.2. The summed E-state index contributed by atoms with van der Waals surface area (Å²) < 4.78 is 28.3. The van der Waals surface area contributed by atoms with E-state index in [1.165, 1.54) is 4.90 Å². The minimum Gasteiger partial charge on any atom is -0.451 e. The molecule has 1 N–H and O–H groups in total. The van der Waals surface area contributed by atoms with Crippen molar-refractivity contribution >= 4 is 38.4 Å². The summed E-state index contributed by atoms with van der Waals surface area (Å²) in [5, 5.41) is 3.45. The zero-order chi connectivity index (χ0) is 22.1. The van der Waals surface area contributed by atoms with Crippen molar-refractivity contribution in [2.45, 2.75) is 32.7 Å². The van der Waals surface area contributed by atoms with Crippen LogP contribution in [-0.2, 0) is 19.4 Å². The van der Waals surface area contributed by atoms with E-state index in [1.807, 2.05) is 19.1 Å². The van der Waals surface area contributed by atoms with Crippen LogP contribution in [0.2, 0.25) is 0 Å². The Morgan fingerprint density at radius 3 is 2.70 bits per heavy atom. The summed E-state index contributed by atoms with van der Waals surface area (Å²) >= 11 is 0. The molecule has 9 heteroatoms. The number of ketones is 1. The van der Waals surface area contributed by atoms with Gasteiger partial charge in [0.05, 0.1) is 0 Å². The standard InChI is InChI=1S/C21H26N2O6S/c1-13-6-7-18-16(9-13)10-19(29-18)20(25)22-14(2)21(26)23-8-4-5-15(11-23)17(24)12-30(3,27)28/h6-7,9-10,14-15H,4-5,8,11-12H2,1-3H3,(H,22,25)/t14-,15?/m1/s1. The number of benzene rings is 1. The predicted molar refractivity (Wildman–Crippen MR) is 112 cm³/mol. The number of amides is 2. The number of hydrogen-bond acceptors (Lipinski definition) is 6. The van der Waals surface area contributed by atoms with Gasteiger partial charge in [-0.15, -0.1) is 0 Å². The third-order valence-corrected chi connectivity index (χ3v) is 6.02. The Hall–Kier alpha value is -2.68. The maximum absolute atomic E-state index is 12.8. The Labute approximate surface area is 175 Å². The van der Waals surface area contributed by atoms with Crippen LogP contribution in [0.5, 0.6) is 0 Å². The second-order valence-corrected chi connectivity index (χ2v) is 10.1. The number of fused-ring (bicyclic) bond motifs is 1.